The molecule has 1 N–H and O–H groups in total. The van der Waals surface area contributed by atoms with Crippen LogP contribution in [0.3, 0.4) is 0 Å². The van der Waals surface area contributed by atoms with Crippen LogP contribution in [0.5, 0.6) is 0 Å². The highest BCUT2D eigenvalue weighted by molar-refractivity contribution is 7.08. The molecule has 0 fully saturated rings. The molecule has 3 nitrogen and oxygen atoms in total. The first-order valence-corrected chi connectivity index (χ1v) is 7.64. The molecule has 0 aliphatic heterocycles. The predicted molar refractivity (Wildman–Crippen MR) is 85.1 cm³/mol. The Bertz CT molecular complexity index is 813. The highest BCUT2D eigenvalue weighted by Crippen LogP contribution is 2.22. The Labute approximate surface area is 135 Å². The van der Waals surface area contributed by atoms with E-state index in [-0.39, 0.29) is 17.5 Å². The molecule has 1 heterocycles. The third-order valence-corrected chi connectivity index (χ3v) is 4.03. The molecule has 116 valence electrons. The first-order valence-electron chi connectivity index (χ1n) is 6.87. The van der Waals surface area contributed by atoms with Gasteiger partial charge in [-0.3, -0.25) is 4.79 Å². The number of hydrogen-bond acceptors (Lipinski definition) is 3. The molecule has 0 bridgehead atoms. The lowest BCUT2D eigenvalue weighted by Gasteiger charge is -2.03. The lowest BCUT2D eigenvalue weighted by molar-refractivity contribution is 0.0955. The summed E-state index contributed by atoms with van der Waals surface area (Å²) in [6.07, 6.45) is 0. The summed E-state index contributed by atoms with van der Waals surface area (Å²) in [5, 5.41) is 2.76. The number of aromatic nitrogens is 1. The summed E-state index contributed by atoms with van der Waals surface area (Å²) < 4.78 is 30.0. The van der Waals surface area contributed by atoms with Crippen molar-refractivity contribution in [2.45, 2.75) is 6.54 Å². The van der Waals surface area contributed by atoms with Crippen LogP contribution in [0, 0.1) is 11.6 Å². The highest BCUT2D eigenvalue weighted by Gasteiger charge is 2.11. The van der Waals surface area contributed by atoms with Gasteiger partial charge < -0.3 is 5.32 Å². The minimum absolute atomic E-state index is 0.250. The van der Waals surface area contributed by atoms with Crippen molar-refractivity contribution in [3.63, 3.8) is 0 Å². The van der Waals surface area contributed by atoms with Crippen molar-refractivity contribution in [3.8, 4) is 11.3 Å². The Hall–Kier alpha value is -2.60. The molecule has 0 atom stereocenters. The van der Waals surface area contributed by atoms with Crippen LogP contribution in [0.1, 0.15) is 15.2 Å². The van der Waals surface area contributed by atoms with Crippen molar-refractivity contribution in [1.29, 1.82) is 0 Å². The van der Waals surface area contributed by atoms with Crippen molar-refractivity contribution in [2.75, 3.05) is 0 Å². The first kappa shape index (κ1) is 15.3. The van der Waals surface area contributed by atoms with Gasteiger partial charge in [0, 0.05) is 12.1 Å². The van der Waals surface area contributed by atoms with Gasteiger partial charge in [0.15, 0.2) is 0 Å². The van der Waals surface area contributed by atoms with Gasteiger partial charge in [-0.1, -0.05) is 12.1 Å². The van der Waals surface area contributed by atoms with Crippen molar-refractivity contribution < 1.29 is 13.6 Å². The van der Waals surface area contributed by atoms with Gasteiger partial charge in [-0.05, 0) is 59.6 Å². The van der Waals surface area contributed by atoms with Crippen molar-refractivity contribution in [1.82, 2.24) is 9.69 Å². The SMILES string of the molecule is O=C(NCc1ccc(F)cc1)c1cc(-c2ccc(F)cc2)ns1. The molecule has 6 heteroatoms. The Morgan fingerprint density at radius 1 is 1.00 bits per heavy atom. The second kappa shape index (κ2) is 6.66. The number of benzene rings is 2. The number of amides is 1. The van der Waals surface area contributed by atoms with Gasteiger partial charge in [-0.2, -0.15) is 4.37 Å². The number of nitrogens with zero attached hydrogens (tertiary/aromatic N) is 1. The van der Waals surface area contributed by atoms with Gasteiger partial charge in [0.05, 0.1) is 5.69 Å². The summed E-state index contributed by atoms with van der Waals surface area (Å²) in [5.41, 5.74) is 2.19. The molecule has 0 saturated carbocycles. The summed E-state index contributed by atoms with van der Waals surface area (Å²) in [6, 6.07) is 13.5. The van der Waals surface area contributed by atoms with Crippen LogP contribution in [-0.4, -0.2) is 10.3 Å². The Balaban J connectivity index is 1.66. The van der Waals surface area contributed by atoms with Gasteiger partial charge in [-0.15, -0.1) is 0 Å². The number of hydrogen-bond donors (Lipinski definition) is 1. The maximum absolute atomic E-state index is 12.9. The van der Waals surface area contributed by atoms with Gasteiger partial charge in [0.2, 0.25) is 0 Å². The van der Waals surface area contributed by atoms with Crippen LogP contribution < -0.4 is 5.32 Å². The van der Waals surface area contributed by atoms with Crippen LogP contribution in [0.2, 0.25) is 0 Å². The largest absolute Gasteiger partial charge is 0.347 e. The zero-order chi connectivity index (χ0) is 16.2. The molecular formula is C17H12F2N2OS. The van der Waals surface area contributed by atoms with Crippen LogP contribution in [-0.2, 0) is 6.54 Å². The quantitative estimate of drug-likeness (QED) is 0.785. The van der Waals surface area contributed by atoms with Crippen molar-refractivity contribution in [3.05, 3.63) is 76.7 Å². The molecule has 1 aromatic heterocycles. The minimum Gasteiger partial charge on any atom is -0.347 e. The Kier molecular flexibility index (Phi) is 4.43. The highest BCUT2D eigenvalue weighted by atomic mass is 32.1. The van der Waals surface area contributed by atoms with Crippen molar-refractivity contribution in [2.24, 2.45) is 0 Å². The normalized spacial score (nSPS) is 10.5. The maximum Gasteiger partial charge on any atom is 0.263 e. The smallest absolute Gasteiger partial charge is 0.263 e. The van der Waals surface area contributed by atoms with E-state index in [1.165, 1.54) is 24.3 Å². The van der Waals surface area contributed by atoms with Crippen LogP contribution in [0.15, 0.2) is 54.6 Å². The fourth-order valence-electron chi connectivity index (χ4n) is 2.01. The summed E-state index contributed by atoms with van der Waals surface area (Å²) in [6.45, 7) is 0.308. The van der Waals surface area contributed by atoms with E-state index in [0.29, 0.717) is 17.1 Å². The van der Waals surface area contributed by atoms with E-state index < -0.39 is 0 Å². The molecule has 0 aliphatic rings. The third-order valence-electron chi connectivity index (χ3n) is 3.24. The Morgan fingerprint density at radius 3 is 2.26 bits per heavy atom. The third kappa shape index (κ3) is 3.78. The average molecular weight is 330 g/mol. The zero-order valence-corrected chi connectivity index (χ0v) is 12.7. The summed E-state index contributed by atoms with van der Waals surface area (Å²) in [7, 11) is 0. The molecule has 0 unspecified atom stereocenters. The zero-order valence-electron chi connectivity index (χ0n) is 11.9. The fraction of sp³-hybridized carbons (Fsp3) is 0.0588. The summed E-state index contributed by atoms with van der Waals surface area (Å²) in [5.74, 6) is -0.882. The average Bonchev–Trinajstić information content (AvgIpc) is 3.05. The van der Waals surface area contributed by atoms with E-state index in [2.05, 4.69) is 9.69 Å². The van der Waals surface area contributed by atoms with E-state index >= 15 is 0 Å². The fourth-order valence-corrected chi connectivity index (χ4v) is 2.68. The molecule has 0 aliphatic carbocycles. The standard InChI is InChI=1S/C17H12F2N2OS/c18-13-5-1-11(2-6-13)10-20-17(22)16-9-15(21-23-16)12-3-7-14(19)8-4-12/h1-9H,10H2,(H,20,22). The molecule has 0 radical (unpaired) electrons. The van der Waals surface area contributed by atoms with E-state index in [4.69, 9.17) is 0 Å². The number of rotatable bonds is 4. The molecule has 2 aromatic carbocycles. The lowest BCUT2D eigenvalue weighted by atomic mass is 10.1. The van der Waals surface area contributed by atoms with Gasteiger partial charge in [-0.25, -0.2) is 8.78 Å². The maximum atomic E-state index is 12.9. The second-order valence-corrected chi connectivity index (χ2v) is 5.70. The van der Waals surface area contributed by atoms with E-state index in [0.717, 1.165) is 22.7 Å². The number of carbonyl (C=O) groups is 1. The van der Waals surface area contributed by atoms with Crippen LogP contribution >= 0.6 is 11.5 Å². The number of halogens is 2. The second-order valence-electron chi connectivity index (χ2n) is 4.89. The Morgan fingerprint density at radius 2 is 1.61 bits per heavy atom. The summed E-state index contributed by atoms with van der Waals surface area (Å²) in [4.78, 5) is 12.6. The molecule has 23 heavy (non-hydrogen) atoms. The molecule has 1 amide bonds. The number of nitrogens with one attached hydrogen (secondary N) is 1. The van der Waals surface area contributed by atoms with E-state index in [9.17, 15) is 13.6 Å². The van der Waals surface area contributed by atoms with Crippen molar-refractivity contribution >= 4 is 17.4 Å². The summed E-state index contributed by atoms with van der Waals surface area (Å²) >= 11 is 1.08. The van der Waals surface area contributed by atoms with Gasteiger partial charge in [0.25, 0.3) is 5.91 Å². The van der Waals surface area contributed by atoms with E-state index in [1.807, 2.05) is 0 Å². The topological polar surface area (TPSA) is 42.0 Å². The van der Waals surface area contributed by atoms with E-state index in [1.54, 1.807) is 30.3 Å². The molecule has 3 aromatic rings. The lowest BCUT2D eigenvalue weighted by Crippen LogP contribution is -2.21. The molecule has 3 rings (SSSR count). The molecule has 0 saturated heterocycles. The predicted octanol–water partition coefficient (Wildman–Crippen LogP) is 4.02. The first-order chi connectivity index (χ1) is 11.1. The minimum atomic E-state index is -0.318. The van der Waals surface area contributed by atoms with Gasteiger partial charge in [0.1, 0.15) is 16.5 Å². The van der Waals surface area contributed by atoms with Crippen LogP contribution in [0.25, 0.3) is 11.3 Å². The van der Waals surface area contributed by atoms with Crippen LogP contribution in [0.4, 0.5) is 8.78 Å². The number of carbonyl (C=O) groups excluding carboxylic acids is 1. The molecule has 0 spiro atoms. The monoisotopic (exact) mass is 330 g/mol. The molecular weight excluding hydrogens is 318 g/mol. The van der Waals surface area contributed by atoms with Gasteiger partial charge >= 0.3 is 0 Å².